The summed E-state index contributed by atoms with van der Waals surface area (Å²) in [6.07, 6.45) is 1.91. The zero-order valence-corrected chi connectivity index (χ0v) is 11.1. The minimum absolute atomic E-state index is 0.0106. The van der Waals surface area contributed by atoms with Crippen molar-refractivity contribution in [2.24, 2.45) is 11.5 Å². The molecule has 0 bridgehead atoms. The Morgan fingerprint density at radius 1 is 0.684 bits per heavy atom. The van der Waals surface area contributed by atoms with E-state index in [2.05, 4.69) is 48.5 Å². The van der Waals surface area contributed by atoms with Crippen LogP contribution < -0.4 is 11.5 Å². The maximum Gasteiger partial charge on any atom is 0.0239 e. The molecule has 0 aliphatic heterocycles. The van der Waals surface area contributed by atoms with Gasteiger partial charge in [-0.1, -0.05) is 48.5 Å². The lowest BCUT2D eigenvalue weighted by Gasteiger charge is -2.31. The van der Waals surface area contributed by atoms with Crippen LogP contribution in [0.2, 0.25) is 0 Å². The Hall–Kier alpha value is -1.64. The van der Waals surface area contributed by atoms with Crippen molar-refractivity contribution >= 4 is 0 Å². The van der Waals surface area contributed by atoms with Crippen LogP contribution in [-0.4, -0.2) is 13.1 Å². The van der Waals surface area contributed by atoms with Gasteiger partial charge in [-0.25, -0.2) is 0 Å². The van der Waals surface area contributed by atoms with Gasteiger partial charge < -0.3 is 11.5 Å². The zero-order valence-electron chi connectivity index (χ0n) is 11.1. The van der Waals surface area contributed by atoms with Crippen LogP contribution in [0.5, 0.6) is 0 Å². The van der Waals surface area contributed by atoms with Gasteiger partial charge >= 0.3 is 0 Å². The Bertz CT molecular complexity index is 536. The lowest BCUT2D eigenvalue weighted by molar-refractivity contribution is 0.459. The summed E-state index contributed by atoms with van der Waals surface area (Å²) in [5, 5.41) is 0. The van der Waals surface area contributed by atoms with E-state index in [0.29, 0.717) is 13.1 Å². The van der Waals surface area contributed by atoms with Gasteiger partial charge in [-0.2, -0.15) is 0 Å². The Balaban J connectivity index is 2.28. The summed E-state index contributed by atoms with van der Waals surface area (Å²) in [6, 6.07) is 17.3. The van der Waals surface area contributed by atoms with Gasteiger partial charge in [0, 0.05) is 5.41 Å². The third kappa shape index (κ3) is 1.71. The molecule has 4 N–H and O–H groups in total. The van der Waals surface area contributed by atoms with Gasteiger partial charge in [0.1, 0.15) is 0 Å². The summed E-state index contributed by atoms with van der Waals surface area (Å²) in [5.74, 6) is 0. The maximum atomic E-state index is 5.90. The fourth-order valence-corrected chi connectivity index (χ4v) is 3.57. The number of hydrogen-bond donors (Lipinski definition) is 2. The second-order valence-electron chi connectivity index (χ2n) is 5.25. The molecule has 98 valence electrons. The first-order valence-electron chi connectivity index (χ1n) is 6.93. The second kappa shape index (κ2) is 4.80. The van der Waals surface area contributed by atoms with E-state index in [-0.39, 0.29) is 5.41 Å². The minimum Gasteiger partial charge on any atom is -0.330 e. The number of rotatable bonds is 4. The van der Waals surface area contributed by atoms with Crippen LogP contribution >= 0.6 is 0 Å². The van der Waals surface area contributed by atoms with E-state index in [9.17, 15) is 0 Å². The molecule has 2 heteroatoms. The van der Waals surface area contributed by atoms with Crippen LogP contribution in [0.15, 0.2) is 48.5 Å². The smallest absolute Gasteiger partial charge is 0.0239 e. The molecule has 0 spiro atoms. The molecule has 19 heavy (non-hydrogen) atoms. The van der Waals surface area contributed by atoms with Crippen molar-refractivity contribution in [1.29, 1.82) is 0 Å². The molecule has 1 aliphatic carbocycles. The molecular formula is C17H20N2. The molecule has 0 amide bonds. The van der Waals surface area contributed by atoms with Crippen LogP contribution in [0.4, 0.5) is 0 Å². The van der Waals surface area contributed by atoms with Crippen LogP contribution in [-0.2, 0) is 5.41 Å². The van der Waals surface area contributed by atoms with Crippen molar-refractivity contribution in [2.45, 2.75) is 18.3 Å². The molecule has 0 atom stereocenters. The molecule has 0 saturated heterocycles. The van der Waals surface area contributed by atoms with Gasteiger partial charge in [0.2, 0.25) is 0 Å². The van der Waals surface area contributed by atoms with Gasteiger partial charge in [-0.05, 0) is 48.2 Å². The van der Waals surface area contributed by atoms with Crippen molar-refractivity contribution in [2.75, 3.05) is 13.1 Å². The summed E-state index contributed by atoms with van der Waals surface area (Å²) in [6.45, 7) is 1.37. The molecule has 3 rings (SSSR count). The highest BCUT2D eigenvalue weighted by atomic mass is 14.6. The Labute approximate surface area is 114 Å². The Kier molecular flexibility index (Phi) is 3.13. The standard InChI is InChI=1S/C17H20N2/c18-11-9-17(10-12-19)15-7-3-1-5-13(15)14-6-2-4-8-16(14)17/h1-8H,9-12,18-19H2. The van der Waals surface area contributed by atoms with E-state index in [0.717, 1.165) is 12.8 Å². The van der Waals surface area contributed by atoms with E-state index >= 15 is 0 Å². The third-order valence-electron chi connectivity index (χ3n) is 4.32. The topological polar surface area (TPSA) is 52.0 Å². The summed E-state index contributed by atoms with van der Waals surface area (Å²) in [7, 11) is 0. The van der Waals surface area contributed by atoms with Crippen LogP contribution in [0.1, 0.15) is 24.0 Å². The number of fused-ring (bicyclic) bond motifs is 3. The highest BCUT2D eigenvalue weighted by Gasteiger charge is 2.41. The fourth-order valence-electron chi connectivity index (χ4n) is 3.57. The average molecular weight is 252 g/mol. The van der Waals surface area contributed by atoms with Gasteiger partial charge in [0.25, 0.3) is 0 Å². The summed E-state index contributed by atoms with van der Waals surface area (Å²) in [4.78, 5) is 0. The fraction of sp³-hybridized carbons (Fsp3) is 0.294. The number of benzene rings is 2. The van der Waals surface area contributed by atoms with Gasteiger partial charge in [0.15, 0.2) is 0 Å². The maximum absolute atomic E-state index is 5.90. The predicted molar refractivity (Wildman–Crippen MR) is 80.0 cm³/mol. The van der Waals surface area contributed by atoms with E-state index in [1.54, 1.807) is 0 Å². The lowest BCUT2D eigenvalue weighted by Crippen LogP contribution is -2.31. The molecule has 0 heterocycles. The van der Waals surface area contributed by atoms with E-state index < -0.39 is 0 Å². The van der Waals surface area contributed by atoms with Crippen molar-refractivity contribution in [3.05, 3.63) is 59.7 Å². The normalized spacial score (nSPS) is 15.1. The van der Waals surface area contributed by atoms with Gasteiger partial charge in [-0.15, -0.1) is 0 Å². The van der Waals surface area contributed by atoms with E-state index in [1.165, 1.54) is 22.3 Å². The Morgan fingerprint density at radius 3 is 1.53 bits per heavy atom. The predicted octanol–water partition coefficient (Wildman–Crippen LogP) is 2.65. The first kappa shape index (κ1) is 12.4. The minimum atomic E-state index is 0.0106. The highest BCUT2D eigenvalue weighted by molar-refractivity contribution is 5.80. The molecular weight excluding hydrogens is 232 g/mol. The van der Waals surface area contributed by atoms with Crippen molar-refractivity contribution in [3.63, 3.8) is 0 Å². The Morgan fingerprint density at radius 2 is 1.11 bits per heavy atom. The van der Waals surface area contributed by atoms with Crippen LogP contribution in [0, 0.1) is 0 Å². The quantitative estimate of drug-likeness (QED) is 0.879. The number of hydrogen-bond acceptors (Lipinski definition) is 2. The summed E-state index contributed by atoms with van der Waals surface area (Å²) >= 11 is 0. The molecule has 2 aromatic rings. The lowest BCUT2D eigenvalue weighted by atomic mass is 9.73. The molecule has 0 aromatic heterocycles. The van der Waals surface area contributed by atoms with Crippen LogP contribution in [0.25, 0.3) is 11.1 Å². The largest absolute Gasteiger partial charge is 0.330 e. The van der Waals surface area contributed by atoms with Crippen molar-refractivity contribution in [1.82, 2.24) is 0 Å². The molecule has 0 unspecified atom stereocenters. The SMILES string of the molecule is NCCC1(CCN)c2ccccc2-c2ccccc21. The summed E-state index contributed by atoms with van der Waals surface area (Å²) < 4.78 is 0. The van der Waals surface area contributed by atoms with Crippen LogP contribution in [0.3, 0.4) is 0 Å². The van der Waals surface area contributed by atoms with Gasteiger partial charge in [-0.3, -0.25) is 0 Å². The molecule has 0 fully saturated rings. The molecule has 1 aliphatic rings. The molecule has 0 radical (unpaired) electrons. The first-order valence-corrected chi connectivity index (χ1v) is 6.93. The van der Waals surface area contributed by atoms with E-state index in [4.69, 9.17) is 11.5 Å². The second-order valence-corrected chi connectivity index (χ2v) is 5.25. The highest BCUT2D eigenvalue weighted by Crippen LogP contribution is 2.52. The van der Waals surface area contributed by atoms with Crippen molar-refractivity contribution in [3.8, 4) is 11.1 Å². The molecule has 2 aromatic carbocycles. The van der Waals surface area contributed by atoms with E-state index in [1.807, 2.05) is 0 Å². The molecule has 0 saturated carbocycles. The third-order valence-corrected chi connectivity index (χ3v) is 4.32. The van der Waals surface area contributed by atoms with Gasteiger partial charge in [0.05, 0.1) is 0 Å². The molecule has 2 nitrogen and oxygen atoms in total. The monoisotopic (exact) mass is 252 g/mol. The average Bonchev–Trinajstić information content (AvgIpc) is 2.72. The zero-order chi connectivity index (χ0) is 13.3. The first-order chi connectivity index (χ1) is 9.33. The van der Waals surface area contributed by atoms with Crippen molar-refractivity contribution < 1.29 is 0 Å². The number of nitrogens with two attached hydrogens (primary N) is 2. The summed E-state index contributed by atoms with van der Waals surface area (Å²) in [5.41, 5.74) is 17.3.